The van der Waals surface area contributed by atoms with Crippen LogP contribution in [0.2, 0.25) is 0 Å². The monoisotopic (exact) mass is 391 g/mol. The van der Waals surface area contributed by atoms with Crippen LogP contribution in [0.1, 0.15) is 5.56 Å². The summed E-state index contributed by atoms with van der Waals surface area (Å²) in [7, 11) is 0. The fourth-order valence-corrected chi connectivity index (χ4v) is 2.92. The van der Waals surface area contributed by atoms with Gasteiger partial charge in [-0.1, -0.05) is 30.3 Å². The molecule has 0 aliphatic rings. The van der Waals surface area contributed by atoms with Crippen LogP contribution in [0.5, 0.6) is 5.88 Å². The van der Waals surface area contributed by atoms with E-state index < -0.39 is 0 Å². The van der Waals surface area contributed by atoms with Crippen LogP contribution in [0.15, 0.2) is 66.7 Å². The van der Waals surface area contributed by atoms with Crippen LogP contribution < -0.4 is 15.8 Å². The van der Waals surface area contributed by atoms with Gasteiger partial charge in [-0.05, 0) is 42.0 Å². The summed E-state index contributed by atoms with van der Waals surface area (Å²) < 4.78 is 20.6. The van der Waals surface area contributed by atoms with E-state index in [1.807, 2.05) is 24.3 Å². The van der Waals surface area contributed by atoms with Gasteiger partial charge in [-0.15, -0.1) is 5.10 Å². The second kappa shape index (κ2) is 7.97. The summed E-state index contributed by atoms with van der Waals surface area (Å²) in [5, 5.41) is 7.89. The van der Waals surface area contributed by atoms with E-state index >= 15 is 0 Å². The Bertz CT molecular complexity index is 1160. The first-order valence-corrected chi connectivity index (χ1v) is 8.94. The fourth-order valence-electron chi connectivity index (χ4n) is 2.92. The first-order valence-electron chi connectivity index (χ1n) is 8.94. The maximum atomic E-state index is 13.1. The lowest BCUT2D eigenvalue weighted by Crippen LogP contribution is -2.21. The molecule has 4 aromatic rings. The van der Waals surface area contributed by atoms with Crippen LogP contribution in [0.25, 0.3) is 10.9 Å². The summed E-state index contributed by atoms with van der Waals surface area (Å²) in [4.78, 5) is 16.2. The number of amides is 1. The van der Waals surface area contributed by atoms with Gasteiger partial charge >= 0.3 is 0 Å². The zero-order valence-electron chi connectivity index (χ0n) is 15.4. The van der Waals surface area contributed by atoms with Gasteiger partial charge in [0.05, 0.1) is 17.4 Å². The number of nitrogens with two attached hydrogens (primary N) is 1. The van der Waals surface area contributed by atoms with Crippen molar-refractivity contribution in [1.82, 2.24) is 14.8 Å². The molecule has 0 aliphatic heterocycles. The summed E-state index contributed by atoms with van der Waals surface area (Å²) in [6.07, 6.45) is 0. The van der Waals surface area contributed by atoms with Crippen molar-refractivity contribution in [3.05, 3.63) is 78.1 Å². The van der Waals surface area contributed by atoms with E-state index in [0.717, 1.165) is 16.5 Å². The van der Waals surface area contributed by atoms with Crippen LogP contribution in [0, 0.1) is 5.82 Å². The Balaban J connectivity index is 1.50. The lowest BCUT2D eigenvalue weighted by molar-refractivity contribution is -0.118. The van der Waals surface area contributed by atoms with Crippen molar-refractivity contribution in [3.63, 3.8) is 0 Å². The van der Waals surface area contributed by atoms with Crippen LogP contribution in [0.4, 0.5) is 16.0 Å². The number of aromatic nitrogens is 3. The Morgan fingerprint density at radius 2 is 1.86 bits per heavy atom. The molecule has 0 unspecified atom stereocenters. The average molecular weight is 391 g/mol. The number of fused-ring (bicyclic) bond motifs is 1. The minimum absolute atomic E-state index is 0.228. The van der Waals surface area contributed by atoms with Gasteiger partial charge in [0.1, 0.15) is 17.5 Å². The van der Waals surface area contributed by atoms with Crippen molar-refractivity contribution in [3.8, 4) is 5.88 Å². The zero-order chi connectivity index (χ0) is 20.2. The number of carbonyl (C=O) groups excluding carboxylic acids is 1. The van der Waals surface area contributed by atoms with Gasteiger partial charge in [-0.3, -0.25) is 9.48 Å². The van der Waals surface area contributed by atoms with E-state index in [0.29, 0.717) is 24.1 Å². The summed E-state index contributed by atoms with van der Waals surface area (Å²) in [5.74, 6) is 0.349. The van der Waals surface area contributed by atoms with E-state index in [9.17, 15) is 9.18 Å². The molecular weight excluding hydrogens is 373 g/mol. The first-order chi connectivity index (χ1) is 14.1. The molecule has 0 saturated carbocycles. The molecule has 0 bridgehead atoms. The van der Waals surface area contributed by atoms with Gasteiger partial charge in [0.2, 0.25) is 5.88 Å². The highest BCUT2D eigenvalue weighted by Crippen LogP contribution is 2.25. The topological polar surface area (TPSA) is 95.1 Å². The number of nitrogens with one attached hydrogen (secondary N) is 1. The molecule has 3 N–H and O–H groups in total. The number of rotatable bonds is 6. The number of anilines is 2. The van der Waals surface area contributed by atoms with E-state index in [1.165, 1.54) is 12.1 Å². The van der Waals surface area contributed by atoms with Crippen molar-refractivity contribution >= 4 is 28.4 Å². The van der Waals surface area contributed by atoms with Crippen molar-refractivity contribution < 1.29 is 13.9 Å². The zero-order valence-corrected chi connectivity index (χ0v) is 15.4. The number of ether oxygens (including phenoxy) is 1. The van der Waals surface area contributed by atoms with Gasteiger partial charge in [0.25, 0.3) is 5.91 Å². The number of benzene rings is 2. The largest absolute Gasteiger partial charge is 0.466 e. The number of halogens is 1. The molecule has 4 rings (SSSR count). The minimum Gasteiger partial charge on any atom is -0.466 e. The van der Waals surface area contributed by atoms with E-state index in [1.54, 1.807) is 35.0 Å². The maximum absolute atomic E-state index is 13.1. The Morgan fingerprint density at radius 1 is 1.07 bits per heavy atom. The summed E-state index contributed by atoms with van der Waals surface area (Å²) in [5.41, 5.74) is 7.36. The Morgan fingerprint density at radius 3 is 2.66 bits per heavy atom. The van der Waals surface area contributed by atoms with Crippen LogP contribution in [-0.2, 0) is 11.3 Å². The van der Waals surface area contributed by atoms with E-state index in [4.69, 9.17) is 10.5 Å². The predicted octanol–water partition coefficient (Wildman–Crippen LogP) is 3.22. The van der Waals surface area contributed by atoms with Crippen molar-refractivity contribution in [2.75, 3.05) is 17.7 Å². The molecule has 146 valence electrons. The Labute approximate surface area is 165 Å². The SMILES string of the molecule is Nc1cccc(NC(=O)COc2nn(Cc3ccc(F)cc3)c3ccccc23)n1. The van der Waals surface area contributed by atoms with E-state index in [2.05, 4.69) is 15.4 Å². The molecule has 2 aromatic heterocycles. The molecule has 0 aliphatic carbocycles. The smallest absolute Gasteiger partial charge is 0.263 e. The first kappa shape index (κ1) is 18.4. The summed E-state index contributed by atoms with van der Waals surface area (Å²) in [6.45, 7) is 0.220. The van der Waals surface area contributed by atoms with Gasteiger partial charge in [-0.2, -0.15) is 0 Å². The third-order valence-corrected chi connectivity index (χ3v) is 4.25. The quantitative estimate of drug-likeness (QED) is 0.526. The molecule has 2 heterocycles. The molecule has 0 fully saturated rings. The van der Waals surface area contributed by atoms with Crippen LogP contribution in [0.3, 0.4) is 0 Å². The number of nitrogens with zero attached hydrogens (tertiary/aromatic N) is 3. The van der Waals surface area contributed by atoms with Crippen LogP contribution >= 0.6 is 0 Å². The van der Waals surface area contributed by atoms with Gasteiger partial charge in [-0.25, -0.2) is 9.37 Å². The number of hydrogen-bond donors (Lipinski definition) is 2. The second-order valence-electron chi connectivity index (χ2n) is 6.39. The maximum Gasteiger partial charge on any atom is 0.263 e. The standard InChI is InChI=1S/C21H18FN5O2/c22-15-10-8-14(9-11-15)12-27-17-5-2-1-4-16(17)21(26-27)29-13-20(28)25-19-7-3-6-18(23)24-19/h1-11H,12-13H2,(H3,23,24,25,28). The molecule has 0 atom stereocenters. The highest BCUT2D eigenvalue weighted by molar-refractivity contribution is 5.91. The number of carbonyl (C=O) groups is 1. The molecule has 2 aromatic carbocycles. The van der Waals surface area contributed by atoms with Crippen molar-refractivity contribution in [2.24, 2.45) is 0 Å². The summed E-state index contributed by atoms with van der Waals surface area (Å²) >= 11 is 0. The van der Waals surface area contributed by atoms with Crippen LogP contribution in [-0.4, -0.2) is 27.3 Å². The van der Waals surface area contributed by atoms with Crippen molar-refractivity contribution in [1.29, 1.82) is 0 Å². The molecule has 8 heteroatoms. The average Bonchev–Trinajstić information content (AvgIpc) is 3.06. The third-order valence-electron chi connectivity index (χ3n) is 4.25. The lowest BCUT2D eigenvalue weighted by Gasteiger charge is -2.06. The van der Waals surface area contributed by atoms with Gasteiger partial charge in [0, 0.05) is 0 Å². The highest BCUT2D eigenvalue weighted by atomic mass is 19.1. The molecular formula is C21H18FN5O2. The number of para-hydroxylation sites is 1. The molecule has 7 nitrogen and oxygen atoms in total. The van der Waals surface area contributed by atoms with Crippen molar-refractivity contribution in [2.45, 2.75) is 6.54 Å². The number of nitrogen functional groups attached to an aromatic ring is 1. The molecule has 1 amide bonds. The van der Waals surface area contributed by atoms with Gasteiger partial charge < -0.3 is 15.8 Å². The fraction of sp³-hybridized carbons (Fsp3) is 0.0952. The lowest BCUT2D eigenvalue weighted by atomic mass is 10.2. The normalized spacial score (nSPS) is 10.8. The molecule has 0 saturated heterocycles. The Kier molecular flexibility index (Phi) is 5.07. The third kappa shape index (κ3) is 4.32. The number of hydrogen-bond acceptors (Lipinski definition) is 5. The summed E-state index contributed by atoms with van der Waals surface area (Å²) in [6, 6.07) is 18.8. The minimum atomic E-state index is -0.375. The molecule has 29 heavy (non-hydrogen) atoms. The second-order valence-corrected chi connectivity index (χ2v) is 6.39. The molecule has 0 spiro atoms. The van der Waals surface area contributed by atoms with E-state index in [-0.39, 0.29) is 18.3 Å². The molecule has 0 radical (unpaired) electrons. The predicted molar refractivity (Wildman–Crippen MR) is 108 cm³/mol. The number of pyridine rings is 1. The Hall–Kier alpha value is -3.94. The highest BCUT2D eigenvalue weighted by Gasteiger charge is 2.13. The van der Waals surface area contributed by atoms with Gasteiger partial charge in [0.15, 0.2) is 6.61 Å².